The monoisotopic (exact) mass is 801 g/mol. The third-order valence-electron chi connectivity index (χ3n) is 9.89. The summed E-state index contributed by atoms with van der Waals surface area (Å²) >= 11 is 0. The van der Waals surface area contributed by atoms with Crippen LogP contribution >= 0.6 is 0 Å². The van der Waals surface area contributed by atoms with Gasteiger partial charge in [0, 0.05) is 19.3 Å². The van der Waals surface area contributed by atoms with Gasteiger partial charge in [-0.05, 0) is 83.5 Å². The van der Waals surface area contributed by atoms with Crippen molar-refractivity contribution in [3.05, 3.63) is 60.8 Å². The molecule has 0 fully saturated rings. The minimum absolute atomic E-state index is 0.0486. The standard InChI is InChI=1S/C49H85NO7/c1-6-8-10-12-14-16-18-20-21-22-23-24-25-26-27-28-30-32-34-36-38-40-48(52)57-45(43-55-42-41-46(49(53)54)50(3,4)5)44-56-47(51)39-37-35-33-31-29-19-17-15-13-11-9-7-2/h14-17,20-21,23-24,26-27,45-46H,6-13,18-19,22,25,28-44H2,1-5H3/p+1/b16-14+,17-15+,21-20+,24-23+,27-26+. The van der Waals surface area contributed by atoms with Gasteiger partial charge in [-0.2, -0.15) is 0 Å². The molecule has 1 N–H and O–H groups in total. The maximum Gasteiger partial charge on any atom is 0.362 e. The summed E-state index contributed by atoms with van der Waals surface area (Å²) in [6.07, 6.45) is 48.3. The van der Waals surface area contributed by atoms with E-state index < -0.39 is 18.1 Å². The Bertz CT molecular complexity index is 1120. The molecule has 0 aliphatic rings. The lowest BCUT2D eigenvalue weighted by Crippen LogP contribution is -2.50. The van der Waals surface area contributed by atoms with E-state index in [1.54, 1.807) is 0 Å². The van der Waals surface area contributed by atoms with Crippen LogP contribution in [0.5, 0.6) is 0 Å². The topological polar surface area (TPSA) is 99.1 Å². The lowest BCUT2D eigenvalue weighted by atomic mass is 10.1. The van der Waals surface area contributed by atoms with Gasteiger partial charge in [0.15, 0.2) is 12.1 Å². The van der Waals surface area contributed by atoms with Crippen molar-refractivity contribution in [1.29, 1.82) is 0 Å². The molecule has 0 saturated carbocycles. The summed E-state index contributed by atoms with van der Waals surface area (Å²) in [6, 6.07) is -0.621. The number of carboxylic acid groups (broad SMARTS) is 1. The van der Waals surface area contributed by atoms with Crippen LogP contribution in [0.15, 0.2) is 60.8 Å². The molecule has 0 aliphatic heterocycles. The molecule has 0 spiro atoms. The van der Waals surface area contributed by atoms with Gasteiger partial charge >= 0.3 is 17.9 Å². The van der Waals surface area contributed by atoms with Gasteiger partial charge in [0.2, 0.25) is 0 Å². The van der Waals surface area contributed by atoms with E-state index >= 15 is 0 Å². The molecule has 8 heteroatoms. The lowest BCUT2D eigenvalue weighted by Gasteiger charge is -2.31. The highest BCUT2D eigenvalue weighted by Crippen LogP contribution is 2.13. The number of nitrogens with zero attached hydrogens (tertiary/aromatic N) is 1. The fourth-order valence-corrected chi connectivity index (χ4v) is 6.30. The molecule has 0 aromatic heterocycles. The number of carbonyl (C=O) groups excluding carboxylic acids is 2. The second-order valence-electron chi connectivity index (χ2n) is 16.3. The number of ether oxygens (including phenoxy) is 3. The van der Waals surface area contributed by atoms with E-state index in [1.807, 2.05) is 21.1 Å². The molecule has 8 nitrogen and oxygen atoms in total. The summed E-state index contributed by atoms with van der Waals surface area (Å²) in [5, 5.41) is 9.62. The second-order valence-corrected chi connectivity index (χ2v) is 16.3. The molecule has 0 heterocycles. The molecule has 2 atom stereocenters. The number of aliphatic carboxylic acids is 1. The van der Waals surface area contributed by atoms with Crippen molar-refractivity contribution < 1.29 is 38.2 Å². The van der Waals surface area contributed by atoms with Crippen molar-refractivity contribution in [1.82, 2.24) is 0 Å². The minimum Gasteiger partial charge on any atom is -0.477 e. The molecule has 0 aromatic rings. The van der Waals surface area contributed by atoms with Crippen LogP contribution in [0.3, 0.4) is 0 Å². The molecular formula is C49H86NO7+. The van der Waals surface area contributed by atoms with Gasteiger partial charge in [0.05, 0.1) is 34.4 Å². The molecule has 0 saturated heterocycles. The first-order valence-corrected chi connectivity index (χ1v) is 22.8. The van der Waals surface area contributed by atoms with Crippen molar-refractivity contribution in [2.45, 2.75) is 193 Å². The van der Waals surface area contributed by atoms with Crippen molar-refractivity contribution >= 4 is 17.9 Å². The van der Waals surface area contributed by atoms with Gasteiger partial charge in [0.25, 0.3) is 0 Å². The number of hydrogen-bond donors (Lipinski definition) is 1. The van der Waals surface area contributed by atoms with Crippen molar-refractivity contribution in [2.75, 3.05) is 41.0 Å². The number of quaternary nitrogens is 1. The van der Waals surface area contributed by atoms with E-state index in [2.05, 4.69) is 74.6 Å². The van der Waals surface area contributed by atoms with Gasteiger partial charge in [-0.1, -0.05) is 139 Å². The Morgan fingerprint density at radius 1 is 0.526 bits per heavy atom. The number of carbonyl (C=O) groups is 3. The number of hydrogen-bond acceptors (Lipinski definition) is 6. The molecule has 0 radical (unpaired) electrons. The predicted molar refractivity (Wildman–Crippen MR) is 238 cm³/mol. The molecule has 0 aliphatic carbocycles. The van der Waals surface area contributed by atoms with Crippen LogP contribution in [-0.2, 0) is 28.6 Å². The molecule has 328 valence electrons. The Morgan fingerprint density at radius 3 is 1.39 bits per heavy atom. The zero-order valence-electron chi connectivity index (χ0n) is 37.3. The average Bonchev–Trinajstić information content (AvgIpc) is 3.17. The van der Waals surface area contributed by atoms with Gasteiger partial charge < -0.3 is 23.8 Å². The van der Waals surface area contributed by atoms with E-state index in [4.69, 9.17) is 14.2 Å². The first-order chi connectivity index (χ1) is 27.6. The number of rotatable bonds is 40. The van der Waals surface area contributed by atoms with Crippen molar-refractivity contribution in [2.24, 2.45) is 0 Å². The van der Waals surface area contributed by atoms with E-state index in [0.29, 0.717) is 19.3 Å². The van der Waals surface area contributed by atoms with Crippen LogP contribution in [0.4, 0.5) is 0 Å². The van der Waals surface area contributed by atoms with E-state index in [1.165, 1.54) is 57.8 Å². The second kappa shape index (κ2) is 39.8. The van der Waals surface area contributed by atoms with Crippen LogP contribution in [-0.4, -0.2) is 80.6 Å². The van der Waals surface area contributed by atoms with Gasteiger partial charge in [0.1, 0.15) is 6.61 Å². The Hall–Kier alpha value is -2.97. The van der Waals surface area contributed by atoms with Crippen LogP contribution in [0.1, 0.15) is 181 Å². The van der Waals surface area contributed by atoms with Crippen LogP contribution in [0.2, 0.25) is 0 Å². The highest BCUT2D eigenvalue weighted by molar-refractivity contribution is 5.72. The summed E-state index contributed by atoms with van der Waals surface area (Å²) in [5.41, 5.74) is 0. The summed E-state index contributed by atoms with van der Waals surface area (Å²) in [4.78, 5) is 37.0. The van der Waals surface area contributed by atoms with E-state index in [9.17, 15) is 19.5 Å². The fraction of sp³-hybridized carbons (Fsp3) is 0.735. The molecule has 57 heavy (non-hydrogen) atoms. The SMILES string of the molecule is CCCCC/C=C/C/C=C/C/C=C/C/C=C/CCCCCCCC(=O)OC(COCCC(C(=O)O)[N+](C)(C)C)COC(=O)CCCCCCC/C=C/CCCCC. The number of allylic oxidation sites excluding steroid dienone is 10. The zero-order valence-corrected chi connectivity index (χ0v) is 37.3. The Labute approximate surface area is 349 Å². The predicted octanol–water partition coefficient (Wildman–Crippen LogP) is 12.6. The number of unbranched alkanes of at least 4 members (excludes halogenated alkanes) is 16. The summed E-state index contributed by atoms with van der Waals surface area (Å²) in [5.74, 6) is -1.51. The van der Waals surface area contributed by atoms with Gasteiger partial charge in [-0.3, -0.25) is 9.59 Å². The smallest absolute Gasteiger partial charge is 0.362 e. The van der Waals surface area contributed by atoms with Crippen molar-refractivity contribution in [3.63, 3.8) is 0 Å². The third kappa shape index (κ3) is 38.3. The van der Waals surface area contributed by atoms with Crippen molar-refractivity contribution in [3.8, 4) is 0 Å². The maximum absolute atomic E-state index is 12.7. The quantitative estimate of drug-likeness (QED) is 0.0285. The normalized spacial score (nSPS) is 13.5. The Balaban J connectivity index is 4.37. The molecular weight excluding hydrogens is 715 g/mol. The maximum atomic E-state index is 12.7. The first-order valence-electron chi connectivity index (χ1n) is 22.8. The van der Waals surface area contributed by atoms with Gasteiger partial charge in [-0.25, -0.2) is 4.79 Å². The highest BCUT2D eigenvalue weighted by atomic mass is 16.6. The summed E-state index contributed by atoms with van der Waals surface area (Å²) < 4.78 is 17.3. The average molecular weight is 801 g/mol. The zero-order chi connectivity index (χ0) is 42.1. The van der Waals surface area contributed by atoms with Crippen LogP contribution in [0.25, 0.3) is 0 Å². The largest absolute Gasteiger partial charge is 0.477 e. The van der Waals surface area contributed by atoms with Crippen LogP contribution in [0, 0.1) is 0 Å². The molecule has 0 aromatic carbocycles. The first kappa shape index (κ1) is 54.0. The molecule has 2 unspecified atom stereocenters. The number of likely N-dealkylation sites (N-methyl/N-ethyl adjacent to an activating group) is 1. The lowest BCUT2D eigenvalue weighted by molar-refractivity contribution is -0.887. The van der Waals surface area contributed by atoms with Crippen LogP contribution < -0.4 is 0 Å². The van der Waals surface area contributed by atoms with E-state index in [-0.39, 0.29) is 36.2 Å². The Morgan fingerprint density at radius 2 is 0.930 bits per heavy atom. The van der Waals surface area contributed by atoms with E-state index in [0.717, 1.165) is 89.9 Å². The minimum atomic E-state index is -0.881. The number of carboxylic acids is 1. The third-order valence-corrected chi connectivity index (χ3v) is 9.89. The molecule has 0 rings (SSSR count). The fourth-order valence-electron chi connectivity index (χ4n) is 6.30. The summed E-state index contributed by atoms with van der Waals surface area (Å²) in [7, 11) is 5.51. The molecule has 0 bridgehead atoms. The Kier molecular flexibility index (Phi) is 37.8. The highest BCUT2D eigenvalue weighted by Gasteiger charge is 2.31. The van der Waals surface area contributed by atoms with Gasteiger partial charge in [-0.15, -0.1) is 0 Å². The summed E-state index contributed by atoms with van der Waals surface area (Å²) in [6.45, 7) is 4.65. The number of esters is 2. The molecule has 0 amide bonds.